The standard InChI is InChI=1S/C12H18Cl2N2O2/c1-11(7-12(11,13)14)10(18)16-15-9(17)8-5-3-2-4-6-8/h8H,2-7H2,1H3,(H,15,17)(H,16,18)/t11-/m1/s1. The zero-order valence-corrected chi connectivity index (χ0v) is 11.9. The molecule has 0 saturated heterocycles. The summed E-state index contributed by atoms with van der Waals surface area (Å²) in [4.78, 5) is 23.7. The topological polar surface area (TPSA) is 58.2 Å². The van der Waals surface area contributed by atoms with Gasteiger partial charge in [0.1, 0.15) is 4.33 Å². The minimum atomic E-state index is -1.01. The summed E-state index contributed by atoms with van der Waals surface area (Å²) < 4.78 is -1.01. The van der Waals surface area contributed by atoms with Gasteiger partial charge in [0.2, 0.25) is 11.8 Å². The molecule has 2 saturated carbocycles. The number of rotatable bonds is 2. The maximum absolute atomic E-state index is 11.8. The lowest BCUT2D eigenvalue weighted by Gasteiger charge is -2.21. The van der Waals surface area contributed by atoms with Gasteiger partial charge >= 0.3 is 0 Å². The zero-order chi connectivity index (χ0) is 13.4. The van der Waals surface area contributed by atoms with E-state index >= 15 is 0 Å². The minimum absolute atomic E-state index is 0.0165. The van der Waals surface area contributed by atoms with E-state index in [0.29, 0.717) is 6.42 Å². The first-order valence-corrected chi connectivity index (χ1v) is 7.10. The highest BCUT2D eigenvalue weighted by Gasteiger charge is 2.68. The van der Waals surface area contributed by atoms with Crippen LogP contribution in [0.15, 0.2) is 0 Å². The van der Waals surface area contributed by atoms with Crippen LogP contribution in [0.1, 0.15) is 45.4 Å². The summed E-state index contributed by atoms with van der Waals surface area (Å²) in [5.74, 6) is -0.415. The fraction of sp³-hybridized carbons (Fsp3) is 0.833. The third kappa shape index (κ3) is 2.59. The van der Waals surface area contributed by atoms with Crippen molar-refractivity contribution in [2.24, 2.45) is 11.3 Å². The summed E-state index contributed by atoms with van der Waals surface area (Å²) in [6.45, 7) is 1.69. The molecule has 2 fully saturated rings. The smallest absolute Gasteiger partial charge is 0.247 e. The van der Waals surface area contributed by atoms with E-state index in [9.17, 15) is 9.59 Å². The van der Waals surface area contributed by atoms with E-state index in [4.69, 9.17) is 23.2 Å². The largest absolute Gasteiger partial charge is 0.273 e. The molecule has 4 nitrogen and oxygen atoms in total. The first-order valence-electron chi connectivity index (χ1n) is 6.35. The van der Waals surface area contributed by atoms with Crippen molar-refractivity contribution >= 4 is 35.0 Å². The molecular weight excluding hydrogens is 275 g/mol. The lowest BCUT2D eigenvalue weighted by molar-refractivity contribution is -0.134. The number of carbonyl (C=O) groups excluding carboxylic acids is 2. The van der Waals surface area contributed by atoms with E-state index in [1.165, 1.54) is 6.42 Å². The SMILES string of the molecule is C[C@]1(C(=O)NNC(=O)C2CCCCC2)CC1(Cl)Cl. The molecule has 2 aliphatic rings. The molecule has 0 aromatic carbocycles. The van der Waals surface area contributed by atoms with Crippen molar-refractivity contribution in [3.63, 3.8) is 0 Å². The second-order valence-electron chi connectivity index (χ2n) is 5.49. The molecule has 0 heterocycles. The van der Waals surface area contributed by atoms with Crippen molar-refractivity contribution in [1.82, 2.24) is 10.9 Å². The van der Waals surface area contributed by atoms with E-state index in [2.05, 4.69) is 10.9 Å². The van der Waals surface area contributed by atoms with Gasteiger partial charge in [-0.15, -0.1) is 23.2 Å². The van der Waals surface area contributed by atoms with Crippen LogP contribution in [0.25, 0.3) is 0 Å². The predicted molar refractivity (Wildman–Crippen MR) is 70.0 cm³/mol. The predicted octanol–water partition coefficient (Wildman–Crippen LogP) is 2.30. The second-order valence-corrected chi connectivity index (χ2v) is 6.98. The van der Waals surface area contributed by atoms with Crippen LogP contribution >= 0.6 is 23.2 Å². The van der Waals surface area contributed by atoms with Crippen molar-refractivity contribution in [3.8, 4) is 0 Å². The Labute approximate surface area is 117 Å². The normalized spacial score (nSPS) is 30.6. The van der Waals surface area contributed by atoms with Crippen molar-refractivity contribution in [3.05, 3.63) is 0 Å². The van der Waals surface area contributed by atoms with Gasteiger partial charge in [-0.1, -0.05) is 19.3 Å². The van der Waals surface area contributed by atoms with Gasteiger partial charge in [0.25, 0.3) is 0 Å². The highest BCUT2D eigenvalue weighted by Crippen LogP contribution is 2.63. The Balaban J connectivity index is 1.78. The van der Waals surface area contributed by atoms with E-state index in [0.717, 1.165) is 25.7 Å². The molecule has 2 amide bonds. The molecule has 0 aromatic rings. The van der Waals surface area contributed by atoms with Crippen LogP contribution in [0.5, 0.6) is 0 Å². The van der Waals surface area contributed by atoms with Gasteiger partial charge in [-0.3, -0.25) is 20.4 Å². The molecule has 0 radical (unpaired) electrons. The van der Waals surface area contributed by atoms with Gasteiger partial charge in [0.05, 0.1) is 5.41 Å². The van der Waals surface area contributed by atoms with Crippen LogP contribution in [-0.2, 0) is 9.59 Å². The Morgan fingerprint density at radius 1 is 1.11 bits per heavy atom. The maximum Gasteiger partial charge on any atom is 0.247 e. The Morgan fingerprint density at radius 3 is 2.17 bits per heavy atom. The van der Waals surface area contributed by atoms with Crippen LogP contribution in [0.3, 0.4) is 0 Å². The fourth-order valence-corrected chi connectivity index (χ4v) is 3.08. The number of carbonyl (C=O) groups is 2. The average Bonchev–Trinajstić information content (AvgIpc) is 2.87. The molecule has 102 valence electrons. The third-order valence-electron chi connectivity index (χ3n) is 4.03. The Bertz CT molecular complexity index is 367. The van der Waals surface area contributed by atoms with E-state index in [1.54, 1.807) is 6.92 Å². The molecular formula is C12H18Cl2N2O2. The van der Waals surface area contributed by atoms with Crippen molar-refractivity contribution in [1.29, 1.82) is 0 Å². The Hall–Kier alpha value is -0.480. The fourth-order valence-electron chi connectivity index (χ4n) is 2.37. The van der Waals surface area contributed by atoms with Gasteiger partial charge in [-0.05, 0) is 26.2 Å². The van der Waals surface area contributed by atoms with Gasteiger partial charge in [-0.25, -0.2) is 0 Å². The molecule has 6 heteroatoms. The first-order chi connectivity index (χ1) is 8.37. The Morgan fingerprint density at radius 2 is 1.67 bits per heavy atom. The lowest BCUT2D eigenvalue weighted by atomic mass is 9.89. The van der Waals surface area contributed by atoms with Gasteiger partial charge in [-0.2, -0.15) is 0 Å². The van der Waals surface area contributed by atoms with Crippen LogP contribution in [-0.4, -0.2) is 16.1 Å². The highest BCUT2D eigenvalue weighted by molar-refractivity contribution is 6.53. The average molecular weight is 293 g/mol. The van der Waals surface area contributed by atoms with Crippen LogP contribution in [0, 0.1) is 11.3 Å². The quantitative estimate of drug-likeness (QED) is 0.606. The summed E-state index contributed by atoms with van der Waals surface area (Å²) >= 11 is 11.8. The Kier molecular flexibility index (Phi) is 3.79. The molecule has 18 heavy (non-hydrogen) atoms. The van der Waals surface area contributed by atoms with Crippen LogP contribution in [0.2, 0.25) is 0 Å². The number of hydrogen-bond acceptors (Lipinski definition) is 2. The summed E-state index contributed by atoms with van der Waals surface area (Å²) in [7, 11) is 0. The number of nitrogens with one attached hydrogen (secondary N) is 2. The van der Waals surface area contributed by atoms with Crippen LogP contribution in [0.4, 0.5) is 0 Å². The molecule has 2 rings (SSSR count). The van der Waals surface area contributed by atoms with Gasteiger partial charge in [0.15, 0.2) is 0 Å². The summed E-state index contributed by atoms with van der Waals surface area (Å²) in [5, 5.41) is 0. The first kappa shape index (κ1) is 13.9. The summed E-state index contributed by atoms with van der Waals surface area (Å²) in [6, 6.07) is 0. The monoisotopic (exact) mass is 292 g/mol. The molecule has 0 aromatic heterocycles. The lowest BCUT2D eigenvalue weighted by Crippen LogP contribution is -2.48. The number of halogens is 2. The van der Waals surface area contributed by atoms with Gasteiger partial charge in [0, 0.05) is 5.92 Å². The number of hydrazine groups is 1. The summed E-state index contributed by atoms with van der Waals surface area (Å²) in [6.07, 6.45) is 5.55. The molecule has 0 aliphatic heterocycles. The number of hydrogen-bond donors (Lipinski definition) is 2. The molecule has 0 unspecified atom stereocenters. The van der Waals surface area contributed by atoms with E-state index in [-0.39, 0.29) is 17.7 Å². The van der Waals surface area contributed by atoms with Crippen molar-refractivity contribution < 1.29 is 9.59 Å². The van der Waals surface area contributed by atoms with E-state index < -0.39 is 9.75 Å². The van der Waals surface area contributed by atoms with E-state index in [1.807, 2.05) is 0 Å². The summed E-state index contributed by atoms with van der Waals surface area (Å²) in [5.41, 5.74) is 4.12. The molecule has 1 atom stereocenters. The zero-order valence-electron chi connectivity index (χ0n) is 10.4. The number of amides is 2. The molecule has 2 N–H and O–H groups in total. The maximum atomic E-state index is 11.8. The number of alkyl halides is 2. The van der Waals surface area contributed by atoms with Gasteiger partial charge < -0.3 is 0 Å². The minimum Gasteiger partial charge on any atom is -0.273 e. The van der Waals surface area contributed by atoms with Crippen molar-refractivity contribution in [2.45, 2.75) is 49.8 Å². The molecule has 2 aliphatic carbocycles. The van der Waals surface area contributed by atoms with Crippen molar-refractivity contribution in [2.75, 3.05) is 0 Å². The third-order valence-corrected chi connectivity index (χ3v) is 5.14. The molecule has 0 spiro atoms. The second kappa shape index (κ2) is 4.89. The highest BCUT2D eigenvalue weighted by atomic mass is 35.5. The van der Waals surface area contributed by atoms with Crippen LogP contribution < -0.4 is 10.9 Å². The molecule has 0 bridgehead atoms.